The molecule has 1 atom stereocenters. The number of rotatable bonds is 7. The van der Waals surface area contributed by atoms with Crippen LogP contribution in [0.3, 0.4) is 0 Å². The molecule has 0 aliphatic heterocycles. The third-order valence-corrected chi connectivity index (χ3v) is 10.2. The number of benzene rings is 3. The summed E-state index contributed by atoms with van der Waals surface area (Å²) in [6, 6.07) is 9.96. The first-order valence-electron chi connectivity index (χ1n) is 9.71. The maximum absolute atomic E-state index is 14.3. The average molecular weight is 651 g/mol. The summed E-state index contributed by atoms with van der Waals surface area (Å²) in [5.41, 5.74) is -5.55. The van der Waals surface area contributed by atoms with Crippen LogP contribution in [0.5, 0.6) is 0 Å². The molecule has 0 saturated carbocycles. The van der Waals surface area contributed by atoms with E-state index in [0.717, 1.165) is 61.5 Å². The van der Waals surface area contributed by atoms with Gasteiger partial charge in [-0.15, -0.1) is 0 Å². The molecule has 3 rings (SSSR count). The van der Waals surface area contributed by atoms with Gasteiger partial charge in [-0.3, -0.25) is 0 Å². The largest absolute Gasteiger partial charge is 2.00 e. The molecule has 3 aromatic rings. The smallest absolute Gasteiger partial charge is 0.218 e. The Bertz CT molecular complexity index is 1630. The molecule has 0 bridgehead atoms. The molecule has 0 spiro atoms. The first kappa shape index (κ1) is 31.3. The van der Waals surface area contributed by atoms with E-state index in [4.69, 9.17) is 11.6 Å². The Morgan fingerprint density at radius 2 is 1.35 bits per heavy atom. The van der Waals surface area contributed by atoms with E-state index < -0.39 is 66.6 Å². The predicted molar refractivity (Wildman–Crippen MR) is 122 cm³/mol. The van der Waals surface area contributed by atoms with Gasteiger partial charge < -0.3 is 0 Å². The molecule has 0 fully saturated rings. The summed E-state index contributed by atoms with van der Waals surface area (Å²) in [6.07, 6.45) is 0. The fourth-order valence-corrected chi connectivity index (χ4v) is 7.51. The molecule has 3 aromatic carbocycles. The van der Waals surface area contributed by atoms with E-state index in [2.05, 4.69) is 0 Å². The summed E-state index contributed by atoms with van der Waals surface area (Å²) in [6.45, 7) is 1.12. The molecule has 16 heteroatoms. The molecule has 37 heavy (non-hydrogen) atoms. The van der Waals surface area contributed by atoms with Gasteiger partial charge in [0.25, 0.3) is 0 Å². The minimum atomic E-state index is -5.66. The predicted octanol–water partition coefficient (Wildman–Crippen LogP) is 4.64. The van der Waals surface area contributed by atoms with Crippen molar-refractivity contribution in [2.45, 2.75) is 38.1 Å². The molecule has 194 valence electrons. The molecule has 7 nitrogen and oxygen atoms in total. The van der Waals surface area contributed by atoms with Gasteiger partial charge in [-0.25, -0.2) is 34.4 Å². The Labute approximate surface area is 228 Å². The molecular formula is C21H16ClF4NO6S3Zn+2. The van der Waals surface area contributed by atoms with E-state index in [-0.39, 0.29) is 30.1 Å². The Morgan fingerprint density at radius 1 is 0.784 bits per heavy atom. The van der Waals surface area contributed by atoms with E-state index in [1.54, 1.807) is 0 Å². The van der Waals surface area contributed by atoms with E-state index in [9.17, 15) is 42.8 Å². The molecule has 0 heterocycles. The van der Waals surface area contributed by atoms with Crippen LogP contribution in [0.4, 0.5) is 17.6 Å². The number of hydrogen-bond acceptors (Lipinski definition) is 6. The van der Waals surface area contributed by atoms with Crippen LogP contribution in [-0.4, -0.2) is 30.8 Å². The van der Waals surface area contributed by atoms with E-state index in [1.165, 1.54) is 16.9 Å². The second-order valence-electron chi connectivity index (χ2n) is 7.39. The first-order chi connectivity index (χ1) is 16.5. The van der Waals surface area contributed by atoms with Gasteiger partial charge >= 0.3 is 35.0 Å². The Morgan fingerprint density at radius 3 is 1.89 bits per heavy atom. The van der Waals surface area contributed by atoms with Crippen molar-refractivity contribution in [3.05, 3.63) is 83.1 Å². The average Bonchev–Trinajstić information content (AvgIpc) is 2.78. The maximum Gasteiger partial charge on any atom is 2.00 e. The number of sulfonamides is 1. The van der Waals surface area contributed by atoms with E-state index in [1.807, 2.05) is 0 Å². The molecule has 0 aromatic heterocycles. The van der Waals surface area contributed by atoms with Crippen LogP contribution in [-0.2, 0) is 49.2 Å². The van der Waals surface area contributed by atoms with Crippen molar-refractivity contribution in [3.8, 4) is 0 Å². The van der Waals surface area contributed by atoms with Crippen LogP contribution < -0.4 is 4.72 Å². The van der Waals surface area contributed by atoms with Gasteiger partial charge in [0, 0.05) is 11.1 Å². The molecule has 0 amide bonds. The molecule has 0 aliphatic rings. The second-order valence-corrected chi connectivity index (χ2v) is 13.3. The van der Waals surface area contributed by atoms with Gasteiger partial charge in [0.1, 0.15) is 10.7 Å². The van der Waals surface area contributed by atoms with Crippen LogP contribution in [0, 0.1) is 5.82 Å². The van der Waals surface area contributed by atoms with Gasteiger partial charge in [-0.05, 0) is 55.0 Å². The summed E-state index contributed by atoms with van der Waals surface area (Å²) >= 11 is 5.90. The molecule has 0 radical (unpaired) electrons. The Kier molecular flexibility index (Phi) is 9.37. The zero-order valence-electron chi connectivity index (χ0n) is 18.7. The summed E-state index contributed by atoms with van der Waals surface area (Å²) in [5, 5.41) is -0.134. The molecular weight excluding hydrogens is 635 g/mol. The van der Waals surface area contributed by atoms with Crippen LogP contribution in [0.25, 0.3) is 0 Å². The van der Waals surface area contributed by atoms with Crippen molar-refractivity contribution in [1.82, 2.24) is 4.72 Å². The number of nitrogens with one attached hydrogen (secondary N) is 1. The topological polar surface area (TPSA) is 114 Å². The van der Waals surface area contributed by atoms with E-state index in [0.29, 0.717) is 0 Å². The fourth-order valence-electron chi connectivity index (χ4n) is 3.13. The molecule has 0 saturated heterocycles. The minimum Gasteiger partial charge on any atom is -0.218 e. The third kappa shape index (κ3) is 6.40. The monoisotopic (exact) mass is 649 g/mol. The quantitative estimate of drug-likeness (QED) is 0.294. The molecule has 0 aliphatic carbocycles. The number of alkyl halides is 3. The van der Waals surface area contributed by atoms with Crippen molar-refractivity contribution in [1.29, 1.82) is 0 Å². The molecule has 0 unspecified atom stereocenters. The van der Waals surface area contributed by atoms with Gasteiger partial charge in [0.15, 0.2) is 0 Å². The zero-order chi connectivity index (χ0) is 27.1. The van der Waals surface area contributed by atoms with Crippen molar-refractivity contribution in [2.75, 3.05) is 0 Å². The summed E-state index contributed by atoms with van der Waals surface area (Å²) in [7, 11) is -14.9. The van der Waals surface area contributed by atoms with Crippen LogP contribution in [0.15, 0.2) is 86.3 Å². The summed E-state index contributed by atoms with van der Waals surface area (Å²) in [5.74, 6) is -1.11. The van der Waals surface area contributed by atoms with Crippen LogP contribution >= 0.6 is 11.6 Å². The normalized spacial score (nSPS) is 13.6. The summed E-state index contributed by atoms with van der Waals surface area (Å²) in [4.78, 5) is -2.72. The fraction of sp³-hybridized carbons (Fsp3) is 0.143. The second kappa shape index (κ2) is 11.1. The van der Waals surface area contributed by atoms with Crippen molar-refractivity contribution >= 4 is 41.3 Å². The number of sulfone groups is 2. The van der Waals surface area contributed by atoms with Crippen molar-refractivity contribution in [2.24, 2.45) is 0 Å². The SMILES string of the molecule is C[C@H](NS(=O)(=O)C(F)(F)F)c1ccc(S(=O)(=O)c2ccc(Cl)cc2S(=O)(=O)c2ccccc2F)cc1.[Zn+2]. The van der Waals surface area contributed by atoms with Crippen LogP contribution in [0.2, 0.25) is 5.02 Å². The number of hydrogen-bond donors (Lipinski definition) is 1. The van der Waals surface area contributed by atoms with Gasteiger partial charge in [0.2, 0.25) is 19.7 Å². The van der Waals surface area contributed by atoms with Gasteiger partial charge in [-0.1, -0.05) is 35.9 Å². The van der Waals surface area contributed by atoms with E-state index >= 15 is 0 Å². The standard InChI is InChI=1S/C21H16ClF4NO6S3.Zn/c1-13(27-36(32,33)21(24,25)26)14-6-9-16(10-7-14)34(28,29)19-11-8-15(22)12-20(19)35(30,31)18-5-3-2-4-17(18)23;/h2-13,27H,1H3;/q;+2/t13-;/m0./s1. The zero-order valence-corrected chi connectivity index (χ0v) is 24.9. The van der Waals surface area contributed by atoms with Crippen molar-refractivity contribution < 1.29 is 62.3 Å². The Hall–Kier alpha value is -1.90. The third-order valence-electron chi connectivity index (χ3n) is 4.94. The van der Waals surface area contributed by atoms with Crippen molar-refractivity contribution in [3.63, 3.8) is 0 Å². The minimum absolute atomic E-state index is 0. The van der Waals surface area contributed by atoms with Gasteiger partial charge in [0.05, 0.1) is 14.7 Å². The first-order valence-corrected chi connectivity index (χ1v) is 14.5. The molecule has 1 N–H and O–H groups in total. The summed E-state index contributed by atoms with van der Waals surface area (Å²) < 4.78 is 129. The number of halogens is 5. The van der Waals surface area contributed by atoms with Crippen LogP contribution in [0.1, 0.15) is 18.5 Å². The van der Waals surface area contributed by atoms with Gasteiger partial charge in [-0.2, -0.15) is 13.2 Å². The maximum atomic E-state index is 14.3. The Balaban J connectivity index is 0.00000481.